The summed E-state index contributed by atoms with van der Waals surface area (Å²) in [7, 11) is 0. The minimum absolute atomic E-state index is 0.145. The summed E-state index contributed by atoms with van der Waals surface area (Å²) in [5.41, 5.74) is 2.20. The fourth-order valence-electron chi connectivity index (χ4n) is 3.40. The molecule has 4 nitrogen and oxygen atoms in total. The highest BCUT2D eigenvalue weighted by molar-refractivity contribution is 9.10. The average Bonchev–Trinajstić information content (AvgIpc) is 2.69. The van der Waals surface area contributed by atoms with Crippen molar-refractivity contribution < 1.29 is 9.53 Å². The molecule has 1 fully saturated rings. The summed E-state index contributed by atoms with van der Waals surface area (Å²) in [5, 5.41) is 0. The molecule has 1 atom stereocenters. The topological polar surface area (TPSA) is 32.8 Å². The Morgan fingerprint density at radius 2 is 1.74 bits per heavy atom. The Morgan fingerprint density at radius 1 is 1.07 bits per heavy atom. The predicted molar refractivity (Wildman–Crippen MR) is 112 cm³/mol. The van der Waals surface area contributed by atoms with Crippen LogP contribution in [0.25, 0.3) is 0 Å². The van der Waals surface area contributed by atoms with Crippen molar-refractivity contribution in [1.82, 2.24) is 9.80 Å². The van der Waals surface area contributed by atoms with Crippen LogP contribution in [0.1, 0.15) is 18.1 Å². The molecule has 27 heavy (non-hydrogen) atoms. The van der Waals surface area contributed by atoms with Crippen molar-refractivity contribution in [1.29, 1.82) is 0 Å². The Labute approximate surface area is 170 Å². The second-order valence-corrected chi connectivity index (χ2v) is 7.99. The van der Waals surface area contributed by atoms with Crippen molar-refractivity contribution in [3.63, 3.8) is 0 Å². The smallest absolute Gasteiger partial charge is 0.227 e. The number of hydrogen-bond acceptors (Lipinski definition) is 3. The van der Waals surface area contributed by atoms with Crippen LogP contribution in [0.4, 0.5) is 0 Å². The number of carbonyl (C=O) groups excluding carboxylic acids is 1. The van der Waals surface area contributed by atoms with Gasteiger partial charge in [0.25, 0.3) is 0 Å². The number of nitrogens with zero attached hydrogens (tertiary/aromatic N) is 2. The minimum Gasteiger partial charge on any atom is -0.379 e. The summed E-state index contributed by atoms with van der Waals surface area (Å²) in [4.78, 5) is 17.6. The molecule has 0 radical (unpaired) electrons. The van der Waals surface area contributed by atoms with Gasteiger partial charge in [-0.15, -0.1) is 0 Å². The average molecular weight is 431 g/mol. The quantitative estimate of drug-likeness (QED) is 0.670. The van der Waals surface area contributed by atoms with Crippen LogP contribution in [0, 0.1) is 0 Å². The molecule has 5 heteroatoms. The third kappa shape index (κ3) is 6.16. The lowest BCUT2D eigenvalue weighted by molar-refractivity contribution is -0.133. The van der Waals surface area contributed by atoms with Crippen molar-refractivity contribution in [3.05, 3.63) is 70.2 Å². The molecule has 0 spiro atoms. The van der Waals surface area contributed by atoms with Gasteiger partial charge in [-0.05, 0) is 30.2 Å². The van der Waals surface area contributed by atoms with Crippen LogP contribution in [0.5, 0.6) is 0 Å². The highest BCUT2D eigenvalue weighted by Crippen LogP contribution is 2.15. The van der Waals surface area contributed by atoms with Gasteiger partial charge < -0.3 is 9.64 Å². The van der Waals surface area contributed by atoms with Crippen LogP contribution in [0.2, 0.25) is 0 Å². The second-order valence-electron chi connectivity index (χ2n) is 7.07. The first kappa shape index (κ1) is 20.1. The van der Waals surface area contributed by atoms with E-state index in [4.69, 9.17) is 4.74 Å². The van der Waals surface area contributed by atoms with Gasteiger partial charge in [0.15, 0.2) is 0 Å². The molecule has 2 aromatic rings. The second kappa shape index (κ2) is 10.0. The Bertz CT molecular complexity index is 715. The van der Waals surface area contributed by atoms with E-state index in [0.717, 1.165) is 48.4 Å². The number of rotatable bonds is 7. The van der Waals surface area contributed by atoms with Crippen LogP contribution < -0.4 is 0 Å². The van der Waals surface area contributed by atoms with Gasteiger partial charge in [-0.2, -0.15) is 0 Å². The van der Waals surface area contributed by atoms with E-state index in [9.17, 15) is 4.79 Å². The summed E-state index contributed by atoms with van der Waals surface area (Å²) in [6.07, 6.45) is 0.424. The molecule has 1 unspecified atom stereocenters. The number of carbonyl (C=O) groups is 1. The van der Waals surface area contributed by atoms with Crippen LogP contribution in [0.15, 0.2) is 59.1 Å². The van der Waals surface area contributed by atoms with Gasteiger partial charge >= 0.3 is 0 Å². The van der Waals surface area contributed by atoms with Crippen LogP contribution in [-0.4, -0.2) is 54.6 Å². The first-order chi connectivity index (χ1) is 13.1. The third-order valence-electron chi connectivity index (χ3n) is 4.94. The van der Waals surface area contributed by atoms with Crippen LogP contribution >= 0.6 is 15.9 Å². The minimum atomic E-state index is 0.145. The van der Waals surface area contributed by atoms with Crippen molar-refractivity contribution in [2.75, 3.05) is 32.8 Å². The van der Waals surface area contributed by atoms with E-state index in [1.165, 1.54) is 0 Å². The monoisotopic (exact) mass is 430 g/mol. The molecular formula is C22H27BrN2O2. The summed E-state index contributed by atoms with van der Waals surface area (Å²) in [5.74, 6) is 0.168. The van der Waals surface area contributed by atoms with Crippen LogP contribution in [0.3, 0.4) is 0 Å². The Balaban J connectivity index is 1.71. The van der Waals surface area contributed by atoms with Gasteiger partial charge in [-0.25, -0.2) is 0 Å². The number of morpholine rings is 1. The van der Waals surface area contributed by atoms with Gasteiger partial charge in [-0.1, -0.05) is 58.4 Å². The third-order valence-corrected chi connectivity index (χ3v) is 5.47. The van der Waals surface area contributed by atoms with E-state index in [-0.39, 0.29) is 11.9 Å². The van der Waals surface area contributed by atoms with Crippen molar-refractivity contribution in [2.24, 2.45) is 0 Å². The van der Waals surface area contributed by atoms with Gasteiger partial charge in [0.1, 0.15) is 0 Å². The summed E-state index contributed by atoms with van der Waals surface area (Å²) in [6.45, 7) is 7.09. The Hall–Kier alpha value is -1.69. The predicted octanol–water partition coefficient (Wildman–Crippen LogP) is 3.74. The molecule has 144 valence electrons. The van der Waals surface area contributed by atoms with E-state index in [1.807, 2.05) is 47.4 Å². The maximum absolute atomic E-state index is 13.2. The molecule has 3 rings (SSSR count). The van der Waals surface area contributed by atoms with Gasteiger partial charge in [0, 0.05) is 36.7 Å². The van der Waals surface area contributed by atoms with E-state index >= 15 is 0 Å². The molecule has 0 bridgehead atoms. The molecule has 0 saturated carbocycles. The molecule has 2 aromatic carbocycles. The number of amides is 1. The molecule has 1 amide bonds. The van der Waals surface area contributed by atoms with Gasteiger partial charge in [0.05, 0.1) is 19.6 Å². The normalized spacial score (nSPS) is 16.1. The van der Waals surface area contributed by atoms with Gasteiger partial charge in [-0.3, -0.25) is 9.69 Å². The molecular weight excluding hydrogens is 404 g/mol. The molecule has 1 aliphatic rings. The lowest BCUT2D eigenvalue weighted by Crippen LogP contribution is -2.48. The lowest BCUT2D eigenvalue weighted by atomic mass is 10.1. The maximum atomic E-state index is 13.2. The van der Waals surface area contributed by atoms with Crippen molar-refractivity contribution in [2.45, 2.75) is 25.9 Å². The molecule has 1 aliphatic heterocycles. The molecule has 0 aromatic heterocycles. The number of benzene rings is 2. The highest BCUT2D eigenvalue weighted by atomic mass is 79.9. The Morgan fingerprint density at radius 3 is 2.41 bits per heavy atom. The SMILES string of the molecule is CC(CN1CCOCC1)N(Cc1ccccc1)C(=O)Cc1ccc(Br)cc1. The molecule has 0 aliphatic carbocycles. The number of hydrogen-bond donors (Lipinski definition) is 0. The van der Waals surface area contributed by atoms with Gasteiger partial charge in [0.2, 0.25) is 5.91 Å². The summed E-state index contributed by atoms with van der Waals surface area (Å²) < 4.78 is 6.48. The Kier molecular flexibility index (Phi) is 7.44. The van der Waals surface area contributed by atoms with Crippen molar-refractivity contribution >= 4 is 21.8 Å². The fraction of sp³-hybridized carbons (Fsp3) is 0.409. The highest BCUT2D eigenvalue weighted by Gasteiger charge is 2.23. The van der Waals surface area contributed by atoms with E-state index in [1.54, 1.807) is 0 Å². The molecule has 1 saturated heterocycles. The first-order valence-corrected chi connectivity index (χ1v) is 10.3. The zero-order valence-corrected chi connectivity index (χ0v) is 17.4. The zero-order valence-electron chi connectivity index (χ0n) is 15.8. The zero-order chi connectivity index (χ0) is 19.1. The van der Waals surface area contributed by atoms with E-state index in [0.29, 0.717) is 13.0 Å². The van der Waals surface area contributed by atoms with Crippen LogP contribution in [-0.2, 0) is 22.5 Å². The molecule has 1 heterocycles. The number of halogens is 1. The largest absolute Gasteiger partial charge is 0.379 e. The fourth-order valence-corrected chi connectivity index (χ4v) is 3.67. The van der Waals surface area contributed by atoms with Crippen molar-refractivity contribution in [3.8, 4) is 0 Å². The first-order valence-electron chi connectivity index (χ1n) is 9.50. The van der Waals surface area contributed by atoms with E-state index < -0.39 is 0 Å². The lowest BCUT2D eigenvalue weighted by Gasteiger charge is -2.35. The number of ether oxygens (including phenoxy) is 1. The molecule has 0 N–H and O–H groups in total. The standard InChI is InChI=1S/C22H27BrN2O2/c1-18(16-24-11-13-27-14-12-24)25(17-20-5-3-2-4-6-20)22(26)15-19-7-9-21(23)10-8-19/h2-10,18H,11-17H2,1H3. The maximum Gasteiger partial charge on any atom is 0.227 e. The van der Waals surface area contributed by atoms with E-state index in [2.05, 4.69) is 39.9 Å². The summed E-state index contributed by atoms with van der Waals surface area (Å²) in [6, 6.07) is 18.4. The summed E-state index contributed by atoms with van der Waals surface area (Å²) >= 11 is 3.45.